The lowest BCUT2D eigenvalue weighted by atomic mass is 10.1. The van der Waals surface area contributed by atoms with E-state index in [1.807, 2.05) is 29.4 Å². The van der Waals surface area contributed by atoms with Crippen molar-refractivity contribution in [3.05, 3.63) is 23.8 Å². The summed E-state index contributed by atoms with van der Waals surface area (Å²) in [6, 6.07) is 5.58. The quantitative estimate of drug-likeness (QED) is 0.529. The molecule has 1 rings (SSSR count). The van der Waals surface area contributed by atoms with Gasteiger partial charge < -0.3 is 19.5 Å². The number of aromatic carboxylic acids is 1. The molecule has 0 aliphatic rings. The van der Waals surface area contributed by atoms with Crippen LogP contribution >= 0.6 is 11.8 Å². The van der Waals surface area contributed by atoms with Crippen LogP contribution in [0.15, 0.2) is 23.1 Å². The molecule has 0 unspecified atom stereocenters. The van der Waals surface area contributed by atoms with Crippen LogP contribution in [0.4, 0.5) is 5.69 Å². The summed E-state index contributed by atoms with van der Waals surface area (Å²) >= 11 is 1.44. The maximum atomic E-state index is 11.6. The van der Waals surface area contributed by atoms with Crippen molar-refractivity contribution >= 4 is 23.4 Å². The van der Waals surface area contributed by atoms with Crippen LogP contribution in [0.2, 0.25) is 0 Å². The monoisotopic (exact) mass is 313 g/mol. The molecule has 0 aliphatic carbocycles. The summed E-state index contributed by atoms with van der Waals surface area (Å²) in [5.74, 6) is -0.899. The Balaban J connectivity index is 3.06. The number of nitrogens with zero attached hydrogens (tertiary/aromatic N) is 1. The second-order valence-corrected chi connectivity index (χ2v) is 5.33. The average molecular weight is 313 g/mol. The Morgan fingerprint density at radius 1 is 1.24 bits per heavy atom. The summed E-state index contributed by atoms with van der Waals surface area (Å²) in [5, 5.41) is 9.53. The second kappa shape index (κ2) is 9.65. The van der Waals surface area contributed by atoms with E-state index in [0.717, 1.165) is 23.5 Å². The highest BCUT2D eigenvalue weighted by Crippen LogP contribution is 2.30. The summed E-state index contributed by atoms with van der Waals surface area (Å²) < 4.78 is 10.2. The molecular formula is C15H23NO4S. The summed E-state index contributed by atoms with van der Waals surface area (Å²) in [4.78, 5) is 14.4. The van der Waals surface area contributed by atoms with Crippen molar-refractivity contribution in [2.24, 2.45) is 0 Å². The number of carboxylic acid groups (broad SMARTS) is 1. The summed E-state index contributed by atoms with van der Waals surface area (Å²) in [6.45, 7) is 2.58. The van der Waals surface area contributed by atoms with Gasteiger partial charge in [-0.2, -0.15) is 0 Å². The van der Waals surface area contributed by atoms with Gasteiger partial charge in [-0.1, -0.05) is 6.07 Å². The van der Waals surface area contributed by atoms with E-state index >= 15 is 0 Å². The minimum absolute atomic E-state index is 0.360. The van der Waals surface area contributed by atoms with E-state index in [2.05, 4.69) is 0 Å². The zero-order chi connectivity index (χ0) is 15.7. The van der Waals surface area contributed by atoms with Crippen molar-refractivity contribution < 1.29 is 19.4 Å². The Hall–Kier alpha value is -1.24. The van der Waals surface area contributed by atoms with E-state index in [9.17, 15) is 9.90 Å². The van der Waals surface area contributed by atoms with Gasteiger partial charge in [0.1, 0.15) is 0 Å². The number of methoxy groups -OCH3 is 2. The number of rotatable bonds is 10. The molecular weight excluding hydrogens is 290 g/mol. The molecule has 0 aliphatic heterocycles. The first kappa shape index (κ1) is 17.8. The highest BCUT2D eigenvalue weighted by atomic mass is 32.2. The van der Waals surface area contributed by atoms with Crippen molar-refractivity contribution in [1.82, 2.24) is 0 Å². The van der Waals surface area contributed by atoms with Crippen LogP contribution in [0.3, 0.4) is 0 Å². The molecule has 0 bridgehead atoms. The lowest BCUT2D eigenvalue weighted by molar-refractivity contribution is 0.0693. The predicted octanol–water partition coefficient (Wildman–Crippen LogP) is 2.60. The number of carboxylic acids is 1. The van der Waals surface area contributed by atoms with Crippen LogP contribution in [0, 0.1) is 0 Å². The maximum Gasteiger partial charge on any atom is 0.338 e. The second-order valence-electron chi connectivity index (χ2n) is 4.49. The molecule has 0 aromatic heterocycles. The van der Waals surface area contributed by atoms with Crippen molar-refractivity contribution in [3.8, 4) is 0 Å². The lowest BCUT2D eigenvalue weighted by Crippen LogP contribution is -2.30. The highest BCUT2D eigenvalue weighted by molar-refractivity contribution is 7.98. The molecule has 6 heteroatoms. The molecule has 0 radical (unpaired) electrons. The van der Waals surface area contributed by atoms with Gasteiger partial charge in [0.15, 0.2) is 0 Å². The molecule has 0 fully saturated rings. The van der Waals surface area contributed by atoms with Gasteiger partial charge in [0.05, 0.1) is 17.9 Å². The fourth-order valence-electron chi connectivity index (χ4n) is 2.12. The van der Waals surface area contributed by atoms with Crippen LogP contribution in [0.1, 0.15) is 16.8 Å². The summed E-state index contributed by atoms with van der Waals surface area (Å²) in [5.41, 5.74) is 1.10. The van der Waals surface area contributed by atoms with E-state index in [4.69, 9.17) is 9.47 Å². The first-order valence-electron chi connectivity index (χ1n) is 6.78. The van der Waals surface area contributed by atoms with E-state index in [1.165, 1.54) is 11.8 Å². The normalized spacial score (nSPS) is 10.6. The molecule has 5 nitrogen and oxygen atoms in total. The Kier molecular flexibility index (Phi) is 8.19. The number of carbonyl (C=O) groups is 1. The number of anilines is 1. The number of hydrogen-bond acceptors (Lipinski definition) is 5. The van der Waals surface area contributed by atoms with Gasteiger partial charge in [-0.3, -0.25) is 0 Å². The van der Waals surface area contributed by atoms with Crippen molar-refractivity contribution in [2.75, 3.05) is 51.7 Å². The minimum Gasteiger partial charge on any atom is -0.478 e. The van der Waals surface area contributed by atoms with Crippen LogP contribution in [-0.2, 0) is 9.47 Å². The van der Waals surface area contributed by atoms with Crippen LogP contribution in [-0.4, -0.2) is 57.9 Å². The number of ether oxygens (including phenoxy) is 2. The first-order chi connectivity index (χ1) is 10.2. The molecule has 0 saturated heterocycles. The Bertz CT molecular complexity index is 453. The summed E-state index contributed by atoms with van der Waals surface area (Å²) in [6.07, 6.45) is 2.72. The van der Waals surface area contributed by atoms with Crippen molar-refractivity contribution in [2.45, 2.75) is 11.3 Å². The highest BCUT2D eigenvalue weighted by Gasteiger charge is 2.19. The van der Waals surface area contributed by atoms with E-state index in [1.54, 1.807) is 14.2 Å². The summed E-state index contributed by atoms with van der Waals surface area (Å²) in [7, 11) is 3.31. The van der Waals surface area contributed by atoms with Gasteiger partial charge in [0.2, 0.25) is 0 Å². The molecule has 0 heterocycles. The van der Waals surface area contributed by atoms with Crippen LogP contribution in [0.5, 0.6) is 0 Å². The topological polar surface area (TPSA) is 59.0 Å². The molecule has 0 atom stereocenters. The predicted molar refractivity (Wildman–Crippen MR) is 85.8 cm³/mol. The first-order valence-corrected chi connectivity index (χ1v) is 8.01. The molecule has 0 saturated carbocycles. The van der Waals surface area contributed by atoms with E-state index in [-0.39, 0.29) is 0 Å². The maximum absolute atomic E-state index is 11.6. The number of benzene rings is 1. The van der Waals surface area contributed by atoms with Gasteiger partial charge in [-0.05, 0) is 24.8 Å². The molecule has 0 amide bonds. The van der Waals surface area contributed by atoms with Gasteiger partial charge in [-0.25, -0.2) is 4.79 Å². The largest absolute Gasteiger partial charge is 0.478 e. The molecule has 1 aromatic carbocycles. The molecule has 0 spiro atoms. The SMILES string of the molecule is COCCCN(CCOC)c1cccc(SC)c1C(=O)O. The third kappa shape index (κ3) is 5.22. The fourth-order valence-corrected chi connectivity index (χ4v) is 2.73. The third-order valence-corrected chi connectivity index (χ3v) is 3.90. The zero-order valence-corrected chi connectivity index (χ0v) is 13.6. The van der Waals surface area contributed by atoms with Crippen molar-refractivity contribution in [1.29, 1.82) is 0 Å². The number of thioether (sulfide) groups is 1. The van der Waals surface area contributed by atoms with E-state index < -0.39 is 5.97 Å². The average Bonchev–Trinajstić information content (AvgIpc) is 2.49. The molecule has 118 valence electrons. The van der Waals surface area contributed by atoms with Crippen LogP contribution in [0.25, 0.3) is 0 Å². The molecule has 1 aromatic rings. The molecule has 1 N–H and O–H groups in total. The van der Waals surface area contributed by atoms with Gasteiger partial charge in [0.25, 0.3) is 0 Å². The Morgan fingerprint density at radius 2 is 1.95 bits per heavy atom. The van der Waals surface area contributed by atoms with Crippen LogP contribution < -0.4 is 4.90 Å². The lowest BCUT2D eigenvalue weighted by Gasteiger charge is -2.26. The number of hydrogen-bond donors (Lipinski definition) is 1. The van der Waals surface area contributed by atoms with Gasteiger partial charge in [0, 0.05) is 38.8 Å². The smallest absolute Gasteiger partial charge is 0.338 e. The fraction of sp³-hybridized carbons (Fsp3) is 0.533. The van der Waals surface area contributed by atoms with Crippen molar-refractivity contribution in [3.63, 3.8) is 0 Å². The standard InChI is InChI=1S/C15H23NO4S/c1-19-10-5-8-16(9-11-20-2)12-6-4-7-13(21-3)14(12)15(17)18/h4,6-7H,5,8-11H2,1-3H3,(H,17,18). The minimum atomic E-state index is -0.899. The Labute approximate surface area is 130 Å². The van der Waals surface area contributed by atoms with Gasteiger partial charge in [-0.15, -0.1) is 11.8 Å². The third-order valence-electron chi connectivity index (χ3n) is 3.12. The molecule has 21 heavy (non-hydrogen) atoms. The van der Waals surface area contributed by atoms with Gasteiger partial charge >= 0.3 is 5.97 Å². The zero-order valence-electron chi connectivity index (χ0n) is 12.8. The van der Waals surface area contributed by atoms with E-state index in [0.29, 0.717) is 25.3 Å². The Morgan fingerprint density at radius 3 is 2.52 bits per heavy atom.